The molecule has 1 heterocycles. The van der Waals surface area contributed by atoms with E-state index < -0.39 is 0 Å². The highest BCUT2D eigenvalue weighted by atomic mass is 15.1. The molecule has 0 amide bonds. The van der Waals surface area contributed by atoms with Crippen molar-refractivity contribution in [2.45, 2.75) is 46.0 Å². The molecule has 0 saturated carbocycles. The maximum absolute atomic E-state index is 3.69. The second-order valence-corrected chi connectivity index (χ2v) is 9.04. The number of fused-ring (bicyclic) bond motifs is 2. The monoisotopic (exact) mass is 384 g/mol. The van der Waals surface area contributed by atoms with Crippen LogP contribution in [0.15, 0.2) is 54.6 Å². The summed E-state index contributed by atoms with van der Waals surface area (Å²) in [6.45, 7) is 9.07. The van der Waals surface area contributed by atoms with Crippen molar-refractivity contribution in [2.75, 3.05) is 19.0 Å². The second-order valence-electron chi connectivity index (χ2n) is 9.04. The van der Waals surface area contributed by atoms with E-state index in [0.29, 0.717) is 11.8 Å². The minimum Gasteiger partial charge on any atom is -0.378 e. The molecule has 3 aromatic carbocycles. The van der Waals surface area contributed by atoms with E-state index in [1.807, 2.05) is 0 Å². The van der Waals surface area contributed by atoms with Gasteiger partial charge in [0.25, 0.3) is 0 Å². The number of H-pyrrole nitrogens is 1. The summed E-state index contributed by atoms with van der Waals surface area (Å²) in [5, 5.41) is 3.97. The molecule has 2 nitrogen and oxygen atoms in total. The first-order chi connectivity index (χ1) is 13.8. The smallest absolute Gasteiger partial charge is 0.0461 e. The van der Waals surface area contributed by atoms with Crippen LogP contribution in [0.25, 0.3) is 21.7 Å². The van der Waals surface area contributed by atoms with Gasteiger partial charge in [0.15, 0.2) is 0 Å². The van der Waals surface area contributed by atoms with Crippen LogP contribution in [0.2, 0.25) is 0 Å². The van der Waals surface area contributed by atoms with Gasteiger partial charge in [-0.05, 0) is 76.9 Å². The van der Waals surface area contributed by atoms with Gasteiger partial charge in [0.05, 0.1) is 0 Å². The van der Waals surface area contributed by atoms with Gasteiger partial charge in [0.1, 0.15) is 0 Å². The Hall–Kier alpha value is -2.74. The first kappa shape index (κ1) is 19.6. The minimum atomic E-state index is 0.459. The van der Waals surface area contributed by atoms with Crippen LogP contribution >= 0.6 is 0 Å². The molecule has 0 fully saturated rings. The molecule has 1 N–H and O–H groups in total. The summed E-state index contributed by atoms with van der Waals surface area (Å²) in [6, 6.07) is 20.6. The lowest BCUT2D eigenvalue weighted by Crippen LogP contribution is -2.08. The van der Waals surface area contributed by atoms with E-state index in [2.05, 4.69) is 106 Å². The zero-order valence-corrected chi connectivity index (χ0v) is 18.5. The minimum absolute atomic E-state index is 0.459. The van der Waals surface area contributed by atoms with Crippen molar-refractivity contribution >= 4 is 27.4 Å². The van der Waals surface area contributed by atoms with Crippen molar-refractivity contribution in [2.24, 2.45) is 0 Å². The molecule has 0 aliphatic carbocycles. The fourth-order valence-electron chi connectivity index (χ4n) is 4.23. The molecular weight excluding hydrogens is 352 g/mol. The molecule has 29 heavy (non-hydrogen) atoms. The number of hydrogen-bond acceptors (Lipinski definition) is 1. The van der Waals surface area contributed by atoms with Crippen LogP contribution < -0.4 is 4.90 Å². The topological polar surface area (TPSA) is 19.0 Å². The van der Waals surface area contributed by atoms with E-state index in [0.717, 1.165) is 6.42 Å². The third kappa shape index (κ3) is 3.89. The standard InChI is InChI=1S/C27H32N2/c1-17(2)22-11-19(4)26-16-24(28-27(26)15-22)12-18(3)21-8-7-20-9-10-25(29(5)6)14-23(20)13-21/h7-11,13-18,28H,12H2,1-6H3. The molecule has 0 bridgehead atoms. The molecular formula is C27H32N2. The average Bonchev–Trinajstić information content (AvgIpc) is 3.10. The maximum Gasteiger partial charge on any atom is 0.0461 e. The van der Waals surface area contributed by atoms with Crippen molar-refractivity contribution in [3.63, 3.8) is 0 Å². The van der Waals surface area contributed by atoms with Crippen molar-refractivity contribution in [1.29, 1.82) is 0 Å². The third-order valence-electron chi connectivity index (χ3n) is 6.15. The molecule has 4 rings (SSSR count). The van der Waals surface area contributed by atoms with E-state index in [-0.39, 0.29) is 0 Å². The Balaban J connectivity index is 1.63. The zero-order valence-electron chi connectivity index (χ0n) is 18.5. The Morgan fingerprint density at radius 2 is 1.59 bits per heavy atom. The van der Waals surface area contributed by atoms with Crippen LogP contribution in [0.1, 0.15) is 55.0 Å². The number of benzene rings is 3. The lowest BCUT2D eigenvalue weighted by atomic mass is 9.93. The van der Waals surface area contributed by atoms with Crippen LogP contribution in [0.4, 0.5) is 5.69 Å². The quantitative estimate of drug-likeness (QED) is 0.386. The Morgan fingerprint density at radius 3 is 2.31 bits per heavy atom. The molecule has 150 valence electrons. The number of aromatic nitrogens is 1. The first-order valence-electron chi connectivity index (χ1n) is 10.6. The van der Waals surface area contributed by atoms with Crippen molar-refractivity contribution < 1.29 is 0 Å². The highest BCUT2D eigenvalue weighted by Crippen LogP contribution is 2.30. The van der Waals surface area contributed by atoms with Gasteiger partial charge in [0, 0.05) is 36.4 Å². The van der Waals surface area contributed by atoms with Gasteiger partial charge in [-0.1, -0.05) is 51.1 Å². The SMILES string of the molecule is Cc1cc(C(C)C)cc2[nH]c(CC(C)c3ccc4ccc(N(C)C)cc4c3)cc12. The molecule has 0 spiro atoms. The third-order valence-corrected chi connectivity index (χ3v) is 6.15. The number of hydrogen-bond donors (Lipinski definition) is 1. The Kier molecular flexibility index (Phi) is 5.12. The molecule has 0 radical (unpaired) electrons. The second kappa shape index (κ2) is 7.59. The van der Waals surface area contributed by atoms with Crippen LogP contribution in [-0.2, 0) is 6.42 Å². The van der Waals surface area contributed by atoms with E-state index in [1.54, 1.807) is 0 Å². The largest absolute Gasteiger partial charge is 0.378 e. The van der Waals surface area contributed by atoms with Crippen molar-refractivity contribution in [3.8, 4) is 0 Å². The summed E-state index contributed by atoms with van der Waals surface area (Å²) >= 11 is 0. The summed E-state index contributed by atoms with van der Waals surface area (Å²) in [5.74, 6) is 1.01. The van der Waals surface area contributed by atoms with Crippen LogP contribution in [0, 0.1) is 6.92 Å². The molecule has 2 heteroatoms. The summed E-state index contributed by atoms with van der Waals surface area (Å²) < 4.78 is 0. The fourth-order valence-corrected chi connectivity index (χ4v) is 4.23. The van der Waals surface area contributed by atoms with Crippen molar-refractivity contribution in [1.82, 2.24) is 4.98 Å². The molecule has 1 atom stereocenters. The van der Waals surface area contributed by atoms with E-state index in [1.165, 1.54) is 49.7 Å². The van der Waals surface area contributed by atoms with Gasteiger partial charge in [0.2, 0.25) is 0 Å². The molecule has 1 unspecified atom stereocenters. The van der Waals surface area contributed by atoms with E-state index in [4.69, 9.17) is 0 Å². The van der Waals surface area contributed by atoms with Gasteiger partial charge in [-0.3, -0.25) is 0 Å². The lowest BCUT2D eigenvalue weighted by molar-refractivity contribution is 0.747. The normalized spacial score (nSPS) is 12.8. The fraction of sp³-hybridized carbons (Fsp3) is 0.333. The summed E-state index contributed by atoms with van der Waals surface area (Å²) in [6.07, 6.45) is 1.02. The van der Waals surface area contributed by atoms with Gasteiger partial charge < -0.3 is 9.88 Å². The average molecular weight is 385 g/mol. The van der Waals surface area contributed by atoms with Crippen molar-refractivity contribution in [3.05, 3.63) is 77.0 Å². The molecule has 1 aromatic heterocycles. The predicted octanol–water partition coefficient (Wildman–Crippen LogP) is 7.17. The van der Waals surface area contributed by atoms with Crippen LogP contribution in [0.3, 0.4) is 0 Å². The Morgan fingerprint density at radius 1 is 0.828 bits per heavy atom. The number of nitrogens with one attached hydrogen (secondary N) is 1. The highest BCUT2D eigenvalue weighted by molar-refractivity contribution is 5.87. The molecule has 4 aromatic rings. The molecule has 0 aliphatic heterocycles. The van der Waals surface area contributed by atoms with Gasteiger partial charge in [-0.15, -0.1) is 0 Å². The lowest BCUT2D eigenvalue weighted by Gasteiger charge is -2.15. The predicted molar refractivity (Wildman–Crippen MR) is 128 cm³/mol. The van der Waals surface area contributed by atoms with Gasteiger partial charge in [-0.2, -0.15) is 0 Å². The molecule has 0 saturated heterocycles. The molecule has 0 aliphatic rings. The summed E-state index contributed by atoms with van der Waals surface area (Å²) in [4.78, 5) is 5.85. The number of aromatic amines is 1. The number of aryl methyl sites for hydroxylation is 1. The van der Waals surface area contributed by atoms with Gasteiger partial charge >= 0.3 is 0 Å². The highest BCUT2D eigenvalue weighted by Gasteiger charge is 2.12. The first-order valence-corrected chi connectivity index (χ1v) is 10.6. The van der Waals surface area contributed by atoms with Crippen LogP contribution in [-0.4, -0.2) is 19.1 Å². The van der Waals surface area contributed by atoms with Gasteiger partial charge in [-0.25, -0.2) is 0 Å². The number of rotatable bonds is 5. The van der Waals surface area contributed by atoms with E-state index >= 15 is 0 Å². The summed E-state index contributed by atoms with van der Waals surface area (Å²) in [5.41, 5.74) is 8.00. The Bertz CT molecular complexity index is 1160. The maximum atomic E-state index is 3.69. The zero-order chi connectivity index (χ0) is 20.7. The van der Waals surface area contributed by atoms with Crippen LogP contribution in [0.5, 0.6) is 0 Å². The summed E-state index contributed by atoms with van der Waals surface area (Å²) in [7, 11) is 4.19. The van der Waals surface area contributed by atoms with E-state index in [9.17, 15) is 0 Å². The number of nitrogens with zero attached hydrogens (tertiary/aromatic N) is 1. The number of anilines is 1. The Labute approximate surface area is 174 Å².